The lowest BCUT2D eigenvalue weighted by molar-refractivity contribution is 0.0724. The van der Waals surface area contributed by atoms with E-state index in [2.05, 4.69) is 40.0 Å². The molecule has 0 atom stereocenters. The molecular formula is C29H38N4O3S. The second-order valence-corrected chi connectivity index (χ2v) is 12.5. The van der Waals surface area contributed by atoms with Crippen LogP contribution < -0.4 is 9.80 Å². The fourth-order valence-corrected chi connectivity index (χ4v) is 6.55. The van der Waals surface area contributed by atoms with E-state index >= 15 is 0 Å². The van der Waals surface area contributed by atoms with Crippen LogP contribution in [0.1, 0.15) is 41.6 Å². The van der Waals surface area contributed by atoms with Crippen LogP contribution in [0.15, 0.2) is 53.4 Å². The minimum Gasteiger partial charge on any atom is -0.368 e. The van der Waals surface area contributed by atoms with E-state index < -0.39 is 9.84 Å². The Morgan fingerprint density at radius 3 is 2.14 bits per heavy atom. The van der Waals surface area contributed by atoms with E-state index in [1.807, 2.05) is 29.2 Å². The van der Waals surface area contributed by atoms with Crippen LogP contribution in [-0.2, 0) is 9.84 Å². The Labute approximate surface area is 221 Å². The molecule has 0 N–H and O–H groups in total. The molecule has 3 aliphatic heterocycles. The quantitative estimate of drug-likeness (QED) is 0.596. The van der Waals surface area contributed by atoms with Gasteiger partial charge in [0.15, 0.2) is 9.84 Å². The van der Waals surface area contributed by atoms with Crippen LogP contribution in [0.2, 0.25) is 0 Å². The van der Waals surface area contributed by atoms with Crippen molar-refractivity contribution in [3.8, 4) is 0 Å². The molecule has 2 aromatic carbocycles. The maximum Gasteiger partial charge on any atom is 0.256 e. The molecule has 1 amide bonds. The SMILES string of the molecule is CN1CCN(c2cc(N3CC=C(c4ccccc4)CC3)c(S(C)(=O)=O)cc2C(=O)N2CCCCC2)CC1. The Hall–Kier alpha value is -2.84. The summed E-state index contributed by atoms with van der Waals surface area (Å²) in [7, 11) is -1.44. The number of likely N-dealkylation sites (tertiary alicyclic amines) is 1. The van der Waals surface area contributed by atoms with Gasteiger partial charge in [-0.3, -0.25) is 4.79 Å². The number of piperazine rings is 1. The maximum absolute atomic E-state index is 13.8. The van der Waals surface area contributed by atoms with Gasteiger partial charge < -0.3 is 19.6 Å². The van der Waals surface area contributed by atoms with Crippen LogP contribution in [0.25, 0.3) is 5.57 Å². The average Bonchev–Trinajstić information content (AvgIpc) is 2.93. The maximum atomic E-state index is 13.8. The third kappa shape index (κ3) is 5.70. The number of anilines is 2. The Morgan fingerprint density at radius 1 is 0.811 bits per heavy atom. The van der Waals surface area contributed by atoms with Crippen molar-refractivity contribution in [3.63, 3.8) is 0 Å². The van der Waals surface area contributed by atoms with Crippen LogP contribution >= 0.6 is 0 Å². The van der Waals surface area contributed by atoms with Gasteiger partial charge >= 0.3 is 0 Å². The highest BCUT2D eigenvalue weighted by Crippen LogP contribution is 2.37. The summed E-state index contributed by atoms with van der Waals surface area (Å²) in [4.78, 5) is 22.6. The van der Waals surface area contributed by atoms with Crippen LogP contribution in [-0.4, -0.2) is 89.8 Å². The van der Waals surface area contributed by atoms with Gasteiger partial charge in [-0.2, -0.15) is 0 Å². The van der Waals surface area contributed by atoms with E-state index in [9.17, 15) is 13.2 Å². The molecule has 0 spiro atoms. The second-order valence-electron chi connectivity index (χ2n) is 10.5. The average molecular weight is 523 g/mol. The summed E-state index contributed by atoms with van der Waals surface area (Å²) in [6.07, 6.45) is 7.42. The fraction of sp³-hybridized carbons (Fsp3) is 0.483. The number of piperidine rings is 1. The third-order valence-electron chi connectivity index (χ3n) is 7.89. The van der Waals surface area contributed by atoms with E-state index in [1.54, 1.807) is 6.07 Å². The Morgan fingerprint density at radius 2 is 1.51 bits per heavy atom. The summed E-state index contributed by atoms with van der Waals surface area (Å²) in [6.45, 7) is 6.27. The van der Waals surface area contributed by atoms with Gasteiger partial charge in [0, 0.05) is 58.6 Å². The van der Waals surface area contributed by atoms with Gasteiger partial charge in [-0.05, 0) is 56.0 Å². The van der Waals surface area contributed by atoms with E-state index in [-0.39, 0.29) is 10.8 Å². The predicted octanol–water partition coefficient (Wildman–Crippen LogP) is 3.76. The van der Waals surface area contributed by atoms with Crippen LogP contribution in [0.5, 0.6) is 0 Å². The van der Waals surface area contributed by atoms with Gasteiger partial charge in [-0.1, -0.05) is 36.4 Å². The molecule has 5 rings (SSSR count). The molecule has 198 valence electrons. The molecule has 37 heavy (non-hydrogen) atoms. The Bertz CT molecular complexity index is 1260. The first-order valence-electron chi connectivity index (χ1n) is 13.4. The van der Waals surface area contributed by atoms with Crippen molar-refractivity contribution >= 4 is 32.7 Å². The molecule has 2 aromatic rings. The van der Waals surface area contributed by atoms with Gasteiger partial charge in [-0.25, -0.2) is 8.42 Å². The zero-order chi connectivity index (χ0) is 26.0. The molecule has 0 radical (unpaired) electrons. The molecule has 0 saturated carbocycles. The van der Waals surface area contributed by atoms with Crippen molar-refractivity contribution in [3.05, 3.63) is 59.7 Å². The van der Waals surface area contributed by atoms with Crippen molar-refractivity contribution in [2.45, 2.75) is 30.6 Å². The first-order chi connectivity index (χ1) is 17.8. The molecule has 7 nitrogen and oxygen atoms in total. The molecule has 0 bridgehead atoms. The first-order valence-corrected chi connectivity index (χ1v) is 15.3. The molecule has 8 heteroatoms. The third-order valence-corrected chi connectivity index (χ3v) is 9.01. The lowest BCUT2D eigenvalue weighted by Crippen LogP contribution is -2.45. The highest BCUT2D eigenvalue weighted by molar-refractivity contribution is 7.90. The highest BCUT2D eigenvalue weighted by atomic mass is 32.2. The lowest BCUT2D eigenvalue weighted by atomic mass is 9.99. The normalized spacial score (nSPS) is 19.6. The first kappa shape index (κ1) is 25.8. The number of hydrogen-bond donors (Lipinski definition) is 0. The number of sulfone groups is 1. The summed E-state index contributed by atoms with van der Waals surface area (Å²) in [6, 6.07) is 14.0. The van der Waals surface area contributed by atoms with E-state index in [4.69, 9.17) is 0 Å². The van der Waals surface area contributed by atoms with Crippen LogP contribution in [0.4, 0.5) is 11.4 Å². The molecule has 2 fully saturated rings. The van der Waals surface area contributed by atoms with Gasteiger partial charge in [0.25, 0.3) is 5.91 Å². The molecule has 0 aromatic heterocycles. The monoisotopic (exact) mass is 522 g/mol. The van der Waals surface area contributed by atoms with Crippen molar-refractivity contribution in [1.29, 1.82) is 0 Å². The number of hydrogen-bond acceptors (Lipinski definition) is 6. The molecule has 3 aliphatic rings. The summed E-state index contributed by atoms with van der Waals surface area (Å²) in [5.41, 5.74) is 4.59. The minimum atomic E-state index is -3.55. The smallest absolute Gasteiger partial charge is 0.256 e. The number of amides is 1. The molecule has 0 unspecified atom stereocenters. The molecular weight excluding hydrogens is 484 g/mol. The summed E-state index contributed by atoms with van der Waals surface area (Å²) in [5, 5.41) is 0. The summed E-state index contributed by atoms with van der Waals surface area (Å²) < 4.78 is 26.2. The van der Waals surface area contributed by atoms with Gasteiger partial charge in [0.2, 0.25) is 0 Å². The number of benzene rings is 2. The van der Waals surface area contributed by atoms with Crippen molar-refractivity contribution in [2.24, 2.45) is 0 Å². The standard InChI is InChI=1S/C29H38N4O3S/c1-30-17-19-32(20-18-30)26-22-27(31-15-11-24(12-16-31)23-9-5-3-6-10-23)28(37(2,35)36)21-25(26)29(34)33-13-7-4-8-14-33/h3,5-6,9-11,21-22H,4,7-8,12-20H2,1-2H3. The van der Waals surface area contributed by atoms with E-state index in [1.165, 1.54) is 17.4 Å². The van der Waals surface area contributed by atoms with E-state index in [0.717, 1.165) is 77.2 Å². The van der Waals surface area contributed by atoms with Crippen molar-refractivity contribution in [1.82, 2.24) is 9.80 Å². The van der Waals surface area contributed by atoms with Crippen LogP contribution in [0.3, 0.4) is 0 Å². The summed E-state index contributed by atoms with van der Waals surface area (Å²) in [5.74, 6) is -0.0463. The van der Waals surface area contributed by atoms with E-state index in [0.29, 0.717) is 17.8 Å². The number of rotatable bonds is 5. The number of carbonyl (C=O) groups excluding carboxylic acids is 1. The number of carbonyl (C=O) groups is 1. The Kier molecular flexibility index (Phi) is 7.58. The minimum absolute atomic E-state index is 0.0463. The Balaban J connectivity index is 1.55. The topological polar surface area (TPSA) is 64.2 Å². The molecule has 2 saturated heterocycles. The zero-order valence-electron chi connectivity index (χ0n) is 22.0. The van der Waals surface area contributed by atoms with Crippen molar-refractivity contribution < 1.29 is 13.2 Å². The van der Waals surface area contributed by atoms with Crippen LogP contribution in [0, 0.1) is 0 Å². The molecule has 0 aliphatic carbocycles. The second kappa shape index (κ2) is 10.9. The van der Waals surface area contributed by atoms with Crippen molar-refractivity contribution in [2.75, 3.05) is 75.5 Å². The number of nitrogens with zero attached hydrogens (tertiary/aromatic N) is 4. The fourth-order valence-electron chi connectivity index (χ4n) is 5.65. The highest BCUT2D eigenvalue weighted by Gasteiger charge is 2.30. The zero-order valence-corrected chi connectivity index (χ0v) is 22.8. The largest absolute Gasteiger partial charge is 0.368 e. The van der Waals surface area contributed by atoms with Gasteiger partial charge in [0.1, 0.15) is 0 Å². The lowest BCUT2D eigenvalue weighted by Gasteiger charge is -2.37. The summed E-state index contributed by atoms with van der Waals surface area (Å²) >= 11 is 0. The molecule has 3 heterocycles. The predicted molar refractivity (Wildman–Crippen MR) is 150 cm³/mol. The van der Waals surface area contributed by atoms with Gasteiger partial charge in [-0.15, -0.1) is 0 Å². The van der Waals surface area contributed by atoms with Gasteiger partial charge in [0.05, 0.1) is 21.8 Å². The number of likely N-dealkylation sites (N-methyl/N-ethyl adjacent to an activating group) is 1.